The molecule has 24 heavy (non-hydrogen) atoms. The number of methoxy groups -OCH3 is 1. The van der Waals surface area contributed by atoms with Crippen LogP contribution in [-0.4, -0.2) is 47.4 Å². The number of benzene rings is 1. The van der Waals surface area contributed by atoms with Gasteiger partial charge in [0.25, 0.3) is 0 Å². The third-order valence-electron chi connectivity index (χ3n) is 4.48. The Morgan fingerprint density at radius 2 is 2.38 bits per heavy atom. The molecular formula is C17H23N5O2. The van der Waals surface area contributed by atoms with Crippen molar-refractivity contribution >= 4 is 11.6 Å². The Morgan fingerprint density at radius 1 is 1.50 bits per heavy atom. The minimum absolute atomic E-state index is 0.0275. The van der Waals surface area contributed by atoms with E-state index in [1.54, 1.807) is 18.1 Å². The van der Waals surface area contributed by atoms with Crippen LogP contribution in [0.2, 0.25) is 0 Å². The molecule has 1 aromatic carbocycles. The van der Waals surface area contributed by atoms with Crippen LogP contribution in [0.3, 0.4) is 0 Å². The van der Waals surface area contributed by atoms with Gasteiger partial charge in [0.15, 0.2) is 0 Å². The lowest BCUT2D eigenvalue weighted by Gasteiger charge is -2.20. The second kappa shape index (κ2) is 7.33. The van der Waals surface area contributed by atoms with Crippen molar-refractivity contribution in [3.8, 4) is 5.75 Å². The smallest absolute Gasteiger partial charge is 0.244 e. The van der Waals surface area contributed by atoms with Crippen molar-refractivity contribution in [1.82, 2.24) is 20.1 Å². The van der Waals surface area contributed by atoms with E-state index in [4.69, 9.17) is 4.74 Å². The molecule has 1 saturated heterocycles. The first-order chi connectivity index (χ1) is 11.7. The lowest BCUT2D eigenvalue weighted by atomic mass is 10.1. The molecule has 7 nitrogen and oxygen atoms in total. The highest BCUT2D eigenvalue weighted by atomic mass is 16.5. The zero-order valence-electron chi connectivity index (χ0n) is 14.1. The molecular weight excluding hydrogens is 306 g/mol. The van der Waals surface area contributed by atoms with E-state index >= 15 is 0 Å². The van der Waals surface area contributed by atoms with Crippen LogP contribution in [0.25, 0.3) is 0 Å². The van der Waals surface area contributed by atoms with E-state index in [1.807, 2.05) is 25.1 Å². The third-order valence-corrected chi connectivity index (χ3v) is 4.48. The molecule has 7 heteroatoms. The lowest BCUT2D eigenvalue weighted by molar-refractivity contribution is -0.124. The molecule has 1 amide bonds. The molecule has 2 heterocycles. The van der Waals surface area contributed by atoms with Gasteiger partial charge in [-0.15, -0.1) is 0 Å². The fourth-order valence-electron chi connectivity index (χ4n) is 2.97. The molecule has 2 aromatic rings. The first-order valence-electron chi connectivity index (χ1n) is 8.18. The Hall–Kier alpha value is -2.57. The fourth-order valence-corrected chi connectivity index (χ4v) is 2.97. The van der Waals surface area contributed by atoms with Gasteiger partial charge >= 0.3 is 0 Å². The van der Waals surface area contributed by atoms with Gasteiger partial charge in [-0.1, -0.05) is 6.07 Å². The van der Waals surface area contributed by atoms with Gasteiger partial charge in [-0.2, -0.15) is 5.10 Å². The van der Waals surface area contributed by atoms with E-state index < -0.39 is 0 Å². The summed E-state index contributed by atoms with van der Waals surface area (Å²) in [5.74, 6) is 1.29. The van der Waals surface area contributed by atoms with E-state index in [0.717, 1.165) is 25.3 Å². The molecule has 0 unspecified atom stereocenters. The molecule has 128 valence electrons. The Balaban J connectivity index is 1.50. The van der Waals surface area contributed by atoms with Gasteiger partial charge in [-0.25, -0.2) is 9.67 Å². The van der Waals surface area contributed by atoms with E-state index in [2.05, 4.69) is 26.4 Å². The largest absolute Gasteiger partial charge is 0.497 e. The standard InChI is InChI=1S/C17H23N5O2/c1-13(22-12-18-11-20-22)17(23)19-9-14-6-7-21(10-14)15-4-3-5-16(8-15)24-2/h3-5,8,11-14H,6-7,9-10H2,1-2H3,(H,19,23)/t13-,14+/m1/s1. The predicted octanol–water partition coefficient (Wildman–Crippen LogP) is 1.49. The van der Waals surface area contributed by atoms with Crippen molar-refractivity contribution in [2.75, 3.05) is 31.6 Å². The van der Waals surface area contributed by atoms with Crippen LogP contribution in [0.15, 0.2) is 36.9 Å². The first kappa shape index (κ1) is 16.3. The normalized spacial score (nSPS) is 18.4. The Bertz CT molecular complexity index is 673. The maximum absolute atomic E-state index is 12.2. The summed E-state index contributed by atoms with van der Waals surface area (Å²) in [6, 6.07) is 7.75. The number of anilines is 1. The number of nitrogens with one attached hydrogen (secondary N) is 1. The average Bonchev–Trinajstić information content (AvgIpc) is 3.30. The lowest BCUT2D eigenvalue weighted by Crippen LogP contribution is -2.35. The minimum Gasteiger partial charge on any atom is -0.497 e. The topological polar surface area (TPSA) is 72.3 Å². The van der Waals surface area contributed by atoms with E-state index in [1.165, 1.54) is 12.0 Å². The SMILES string of the molecule is COc1cccc(N2CC[C@@H](CNC(=O)[C@@H](C)n3cncn3)C2)c1. The molecule has 0 bridgehead atoms. The summed E-state index contributed by atoms with van der Waals surface area (Å²) in [5.41, 5.74) is 1.17. The molecule has 0 aliphatic carbocycles. The Kier molecular flexibility index (Phi) is 4.98. The van der Waals surface area contributed by atoms with Crippen molar-refractivity contribution in [3.05, 3.63) is 36.9 Å². The highest BCUT2D eigenvalue weighted by Crippen LogP contribution is 2.26. The molecule has 1 N–H and O–H groups in total. The summed E-state index contributed by atoms with van der Waals surface area (Å²) in [7, 11) is 1.68. The molecule has 1 fully saturated rings. The summed E-state index contributed by atoms with van der Waals surface area (Å²) < 4.78 is 6.85. The van der Waals surface area contributed by atoms with E-state index in [9.17, 15) is 4.79 Å². The molecule has 1 aromatic heterocycles. The van der Waals surface area contributed by atoms with E-state index in [-0.39, 0.29) is 11.9 Å². The highest BCUT2D eigenvalue weighted by molar-refractivity contribution is 5.79. The number of rotatable bonds is 6. The average molecular weight is 329 g/mol. The Labute approximate surface area is 141 Å². The number of nitrogens with zero attached hydrogens (tertiary/aromatic N) is 4. The summed E-state index contributed by atoms with van der Waals surface area (Å²) >= 11 is 0. The van der Waals surface area contributed by atoms with Crippen molar-refractivity contribution in [2.24, 2.45) is 5.92 Å². The highest BCUT2D eigenvalue weighted by Gasteiger charge is 2.24. The van der Waals surface area contributed by atoms with Gasteiger partial charge in [0.05, 0.1) is 7.11 Å². The summed E-state index contributed by atoms with van der Waals surface area (Å²) in [4.78, 5) is 18.4. The predicted molar refractivity (Wildman–Crippen MR) is 91.1 cm³/mol. The van der Waals surface area contributed by atoms with Crippen LogP contribution in [0, 0.1) is 5.92 Å². The van der Waals surface area contributed by atoms with Crippen molar-refractivity contribution in [2.45, 2.75) is 19.4 Å². The van der Waals surface area contributed by atoms with Gasteiger partial charge in [0.1, 0.15) is 24.4 Å². The Morgan fingerprint density at radius 3 is 3.12 bits per heavy atom. The molecule has 3 rings (SSSR count). The van der Waals surface area contributed by atoms with Gasteiger partial charge in [0.2, 0.25) is 5.91 Å². The molecule has 1 aliphatic heterocycles. The molecule has 0 radical (unpaired) electrons. The fraction of sp³-hybridized carbons (Fsp3) is 0.471. The van der Waals surface area contributed by atoms with Gasteiger partial charge in [0, 0.05) is 31.4 Å². The zero-order chi connectivity index (χ0) is 16.9. The summed E-state index contributed by atoms with van der Waals surface area (Å²) in [6.07, 6.45) is 4.06. The van der Waals surface area contributed by atoms with Crippen LogP contribution in [0.5, 0.6) is 5.75 Å². The van der Waals surface area contributed by atoms with Crippen LogP contribution in [-0.2, 0) is 4.79 Å². The minimum atomic E-state index is -0.344. The summed E-state index contributed by atoms with van der Waals surface area (Å²) in [5, 5.41) is 7.04. The van der Waals surface area contributed by atoms with Crippen LogP contribution < -0.4 is 15.0 Å². The molecule has 2 atom stereocenters. The summed E-state index contributed by atoms with van der Waals surface area (Å²) in [6.45, 7) is 4.43. The quantitative estimate of drug-likeness (QED) is 0.869. The van der Waals surface area contributed by atoms with E-state index in [0.29, 0.717) is 12.5 Å². The van der Waals surface area contributed by atoms with Crippen molar-refractivity contribution in [1.29, 1.82) is 0 Å². The maximum Gasteiger partial charge on any atom is 0.244 e. The van der Waals surface area contributed by atoms with Gasteiger partial charge < -0.3 is 15.0 Å². The van der Waals surface area contributed by atoms with Crippen molar-refractivity contribution in [3.63, 3.8) is 0 Å². The second-order valence-corrected chi connectivity index (χ2v) is 6.10. The van der Waals surface area contributed by atoms with Crippen molar-refractivity contribution < 1.29 is 9.53 Å². The monoisotopic (exact) mass is 329 g/mol. The van der Waals surface area contributed by atoms with Crippen LogP contribution >= 0.6 is 0 Å². The van der Waals surface area contributed by atoms with Crippen LogP contribution in [0.1, 0.15) is 19.4 Å². The van der Waals surface area contributed by atoms with Gasteiger partial charge in [-0.3, -0.25) is 4.79 Å². The molecule has 0 spiro atoms. The number of aromatic nitrogens is 3. The zero-order valence-corrected chi connectivity index (χ0v) is 14.1. The van der Waals surface area contributed by atoms with Crippen LogP contribution in [0.4, 0.5) is 5.69 Å². The maximum atomic E-state index is 12.2. The van der Waals surface area contributed by atoms with Gasteiger partial charge in [-0.05, 0) is 31.4 Å². The first-order valence-corrected chi connectivity index (χ1v) is 8.18. The second-order valence-electron chi connectivity index (χ2n) is 6.10. The molecule has 1 aliphatic rings. The number of ether oxygens (including phenoxy) is 1. The molecule has 0 saturated carbocycles. The third kappa shape index (κ3) is 3.67. The number of carbonyl (C=O) groups is 1. The number of amides is 1. The number of hydrogen-bond acceptors (Lipinski definition) is 5. The number of hydrogen-bond donors (Lipinski definition) is 1. The number of carbonyl (C=O) groups excluding carboxylic acids is 1.